The highest BCUT2D eigenvalue weighted by Crippen LogP contribution is 2.34. The van der Waals surface area contributed by atoms with Crippen LogP contribution in [0, 0.1) is 5.82 Å². The average Bonchev–Trinajstić information content (AvgIpc) is 2.99. The summed E-state index contributed by atoms with van der Waals surface area (Å²) >= 11 is 0. The molecule has 3 rings (SSSR count). The number of aromatic nitrogens is 2. The van der Waals surface area contributed by atoms with E-state index in [4.69, 9.17) is 0 Å². The lowest BCUT2D eigenvalue weighted by Gasteiger charge is -2.17. The maximum atomic E-state index is 14.3. The number of anilines is 2. The van der Waals surface area contributed by atoms with E-state index in [9.17, 15) is 22.7 Å². The van der Waals surface area contributed by atoms with Crippen LogP contribution in [0.5, 0.6) is 5.75 Å². The second kappa shape index (κ2) is 5.67. The van der Waals surface area contributed by atoms with Gasteiger partial charge in [-0.15, -0.1) is 0 Å². The Morgan fingerprint density at radius 1 is 1.46 bits per heavy atom. The van der Waals surface area contributed by atoms with E-state index in [1.807, 2.05) is 0 Å². The van der Waals surface area contributed by atoms with Gasteiger partial charge in [-0.2, -0.15) is 13.5 Å². The fraction of sp³-hybridized carbons (Fsp3) is 0.231. The van der Waals surface area contributed by atoms with Crippen molar-refractivity contribution in [2.75, 3.05) is 16.2 Å². The Kier molecular flexibility index (Phi) is 3.79. The van der Waals surface area contributed by atoms with Crippen LogP contribution in [0.15, 0.2) is 24.4 Å². The van der Waals surface area contributed by atoms with Crippen molar-refractivity contribution in [1.29, 1.82) is 0 Å². The van der Waals surface area contributed by atoms with Gasteiger partial charge in [0.1, 0.15) is 23.8 Å². The zero-order valence-electron chi connectivity index (χ0n) is 12.5. The van der Waals surface area contributed by atoms with E-state index >= 15 is 0 Å². The van der Waals surface area contributed by atoms with Crippen molar-refractivity contribution in [3.05, 3.63) is 35.8 Å². The third-order valence-electron chi connectivity index (χ3n) is 3.36. The molecule has 1 aliphatic rings. The zero-order valence-corrected chi connectivity index (χ0v) is 13.3. The number of phenols is 1. The van der Waals surface area contributed by atoms with Crippen LogP contribution in [0.4, 0.5) is 15.9 Å². The van der Waals surface area contributed by atoms with Gasteiger partial charge in [0, 0.05) is 25.9 Å². The molecule has 0 atom stereocenters. The molecule has 0 aliphatic carbocycles. The highest BCUT2D eigenvalue weighted by Gasteiger charge is 2.37. The summed E-state index contributed by atoms with van der Waals surface area (Å²) in [6.07, 6.45) is 1.73. The van der Waals surface area contributed by atoms with Gasteiger partial charge in [-0.3, -0.25) is 9.48 Å². The lowest BCUT2D eigenvalue weighted by molar-refractivity contribution is -0.117. The quantitative estimate of drug-likeness (QED) is 0.714. The Morgan fingerprint density at radius 3 is 2.75 bits per heavy atom. The van der Waals surface area contributed by atoms with Gasteiger partial charge in [-0.05, 0) is 17.7 Å². The largest absolute Gasteiger partial charge is 0.506 e. The molecular weight excluding hydrogens is 341 g/mol. The molecule has 1 amide bonds. The molecule has 24 heavy (non-hydrogen) atoms. The zero-order chi connectivity index (χ0) is 17.5. The van der Waals surface area contributed by atoms with Crippen LogP contribution in [0.25, 0.3) is 0 Å². The van der Waals surface area contributed by atoms with Gasteiger partial charge in [-0.25, -0.2) is 13.4 Å². The third-order valence-corrected chi connectivity index (χ3v) is 4.74. The first-order valence-electron chi connectivity index (χ1n) is 6.84. The Morgan fingerprint density at radius 2 is 2.21 bits per heavy atom. The van der Waals surface area contributed by atoms with Gasteiger partial charge in [0.25, 0.3) is 5.91 Å². The van der Waals surface area contributed by atoms with E-state index in [0.717, 1.165) is 6.07 Å². The van der Waals surface area contributed by atoms with E-state index in [-0.39, 0.29) is 6.54 Å². The monoisotopic (exact) mass is 355 g/mol. The summed E-state index contributed by atoms with van der Waals surface area (Å²) in [6.45, 7) is -0.413. The summed E-state index contributed by atoms with van der Waals surface area (Å²) in [6, 6.07) is 4.04. The lowest BCUT2D eigenvalue weighted by atomic mass is 10.1. The molecule has 2 heterocycles. The van der Waals surface area contributed by atoms with E-state index in [0.29, 0.717) is 15.7 Å². The molecule has 1 aromatic carbocycles. The smallest absolute Gasteiger partial charge is 0.326 e. The first kappa shape index (κ1) is 16.1. The van der Waals surface area contributed by atoms with Crippen LogP contribution in [0.2, 0.25) is 0 Å². The molecule has 2 aromatic rings. The summed E-state index contributed by atoms with van der Waals surface area (Å²) in [5.41, 5.74) is -0.176. The Hall–Kier alpha value is -2.82. The summed E-state index contributed by atoms with van der Waals surface area (Å²) in [4.78, 5) is 11.2. The molecule has 9 nitrogen and oxygen atoms in total. The highest BCUT2D eigenvalue weighted by atomic mass is 32.2. The SMILES string of the molecule is Cn1ccc(NCc2cc(O)c(N3CC(=O)NS3(=O)=O)c(F)c2)n1. The van der Waals surface area contributed by atoms with Gasteiger partial charge in [-0.1, -0.05) is 0 Å². The van der Waals surface area contributed by atoms with E-state index in [2.05, 4.69) is 10.4 Å². The maximum absolute atomic E-state index is 14.3. The number of nitrogens with one attached hydrogen (secondary N) is 2. The van der Waals surface area contributed by atoms with Crippen LogP contribution in [0.1, 0.15) is 5.56 Å². The van der Waals surface area contributed by atoms with E-state index in [1.54, 1.807) is 28.7 Å². The molecular formula is C13H14FN5O4S. The van der Waals surface area contributed by atoms with Crippen molar-refractivity contribution >= 4 is 27.6 Å². The number of carbonyl (C=O) groups excluding carboxylic acids is 1. The topological polar surface area (TPSA) is 117 Å². The van der Waals surface area contributed by atoms with Crippen LogP contribution in [-0.2, 0) is 28.6 Å². The van der Waals surface area contributed by atoms with Gasteiger partial charge < -0.3 is 10.4 Å². The average molecular weight is 355 g/mol. The standard InChI is InChI=1S/C13H14FN5O4S/c1-18-3-2-11(16-18)15-6-8-4-9(14)13(10(20)5-8)19-7-12(21)17-24(19,22)23/h2-5,20H,6-7H2,1H3,(H,15,16)(H,17,21). The minimum Gasteiger partial charge on any atom is -0.506 e. The molecule has 1 fully saturated rings. The molecule has 1 saturated heterocycles. The first-order valence-corrected chi connectivity index (χ1v) is 8.28. The van der Waals surface area contributed by atoms with Crippen molar-refractivity contribution < 1.29 is 22.7 Å². The number of halogens is 1. The number of phenolic OH excluding ortho intramolecular Hbond substituents is 1. The molecule has 1 aromatic heterocycles. The molecule has 11 heteroatoms. The van der Waals surface area contributed by atoms with Crippen LogP contribution in [0.3, 0.4) is 0 Å². The Labute approximate surface area is 136 Å². The number of rotatable bonds is 4. The molecule has 0 bridgehead atoms. The number of amides is 1. The molecule has 0 spiro atoms. The number of carbonyl (C=O) groups is 1. The van der Waals surface area contributed by atoms with E-state index in [1.165, 1.54) is 6.07 Å². The fourth-order valence-corrected chi connectivity index (χ4v) is 3.51. The van der Waals surface area contributed by atoms with Gasteiger partial charge in [0.05, 0.1) is 0 Å². The van der Waals surface area contributed by atoms with Gasteiger partial charge in [0.2, 0.25) is 0 Å². The van der Waals surface area contributed by atoms with E-state index < -0.39 is 39.9 Å². The predicted molar refractivity (Wildman–Crippen MR) is 83.0 cm³/mol. The normalized spacial score (nSPS) is 16.2. The van der Waals surface area contributed by atoms with Gasteiger partial charge in [0.15, 0.2) is 5.82 Å². The van der Waals surface area contributed by atoms with Crippen LogP contribution in [-0.4, -0.2) is 35.8 Å². The summed E-state index contributed by atoms with van der Waals surface area (Å²) in [7, 11) is -2.45. The number of hydrogen-bond donors (Lipinski definition) is 3. The van der Waals surface area contributed by atoms with Crippen molar-refractivity contribution in [2.45, 2.75) is 6.54 Å². The fourth-order valence-electron chi connectivity index (χ4n) is 2.34. The summed E-state index contributed by atoms with van der Waals surface area (Å²) < 4.78 is 41.7. The predicted octanol–water partition coefficient (Wildman–Crippen LogP) is 0.0579. The second-order valence-corrected chi connectivity index (χ2v) is 6.81. The second-order valence-electron chi connectivity index (χ2n) is 5.21. The van der Waals surface area contributed by atoms with Crippen molar-refractivity contribution in [2.24, 2.45) is 7.05 Å². The minimum absolute atomic E-state index is 0.172. The molecule has 128 valence electrons. The maximum Gasteiger partial charge on any atom is 0.326 e. The van der Waals surface area contributed by atoms with Gasteiger partial charge >= 0.3 is 10.2 Å². The summed E-state index contributed by atoms with van der Waals surface area (Å²) in [5, 5.41) is 17.1. The van der Waals surface area contributed by atoms with Crippen molar-refractivity contribution in [3.8, 4) is 5.75 Å². The molecule has 0 radical (unpaired) electrons. The summed E-state index contributed by atoms with van der Waals surface area (Å²) in [5.74, 6) is -1.76. The number of aryl methyl sites for hydroxylation is 1. The van der Waals surface area contributed by atoms with Crippen LogP contribution >= 0.6 is 0 Å². The highest BCUT2D eigenvalue weighted by molar-refractivity contribution is 7.92. The molecule has 0 saturated carbocycles. The molecule has 1 aliphatic heterocycles. The Balaban J connectivity index is 1.85. The third kappa shape index (κ3) is 2.97. The van der Waals surface area contributed by atoms with Crippen molar-refractivity contribution in [3.63, 3.8) is 0 Å². The van der Waals surface area contributed by atoms with Crippen molar-refractivity contribution in [1.82, 2.24) is 14.5 Å². The first-order chi connectivity index (χ1) is 11.3. The minimum atomic E-state index is -4.19. The van der Waals surface area contributed by atoms with Crippen LogP contribution < -0.4 is 14.3 Å². The molecule has 3 N–H and O–H groups in total. The number of aromatic hydroxyl groups is 1. The number of benzene rings is 1. The number of nitrogens with zero attached hydrogens (tertiary/aromatic N) is 3. The lowest BCUT2D eigenvalue weighted by Crippen LogP contribution is -2.30. The molecule has 0 unspecified atom stereocenters. The Bertz CT molecular complexity index is 888. The number of hydrogen-bond acceptors (Lipinski definition) is 6.